The number of anilines is 1. The number of benzene rings is 1. The molecule has 3 N–H and O–H groups in total. The summed E-state index contributed by atoms with van der Waals surface area (Å²) >= 11 is 0. The van der Waals surface area contributed by atoms with Gasteiger partial charge in [0.1, 0.15) is 0 Å². The van der Waals surface area contributed by atoms with Gasteiger partial charge in [0.25, 0.3) is 0 Å². The minimum Gasteiger partial charge on any atom is -0.369 e. The third-order valence-corrected chi connectivity index (χ3v) is 3.63. The second-order valence-corrected chi connectivity index (χ2v) is 5.38. The Kier molecular flexibility index (Phi) is 3.48. The number of amides is 1. The van der Waals surface area contributed by atoms with Crippen LogP contribution < -0.4 is 11.1 Å². The van der Waals surface area contributed by atoms with Crippen molar-refractivity contribution in [3.05, 3.63) is 23.8 Å². The Balaban J connectivity index is 1.69. The van der Waals surface area contributed by atoms with Crippen LogP contribution in [0.2, 0.25) is 0 Å². The maximum absolute atomic E-state index is 11.7. The molecular formula is C15H17N5O. The average Bonchev–Trinajstić information content (AvgIpc) is 3.22. The first-order valence-electron chi connectivity index (χ1n) is 7.12. The van der Waals surface area contributed by atoms with E-state index in [2.05, 4.69) is 16.4 Å². The monoisotopic (exact) mass is 283 g/mol. The van der Waals surface area contributed by atoms with Crippen molar-refractivity contribution in [3.8, 4) is 6.07 Å². The van der Waals surface area contributed by atoms with Crippen molar-refractivity contribution in [2.24, 2.45) is 0 Å². The topological polar surface area (TPSA) is 96.7 Å². The summed E-state index contributed by atoms with van der Waals surface area (Å²) < 4.78 is 1.86. The molecule has 0 aliphatic heterocycles. The molecule has 1 aliphatic carbocycles. The molecule has 1 heterocycles. The van der Waals surface area contributed by atoms with Crippen LogP contribution in [0.1, 0.15) is 31.2 Å². The van der Waals surface area contributed by atoms with Crippen LogP contribution in [0, 0.1) is 11.3 Å². The Hall–Kier alpha value is -2.55. The lowest BCUT2D eigenvalue weighted by molar-refractivity contribution is -0.121. The first kappa shape index (κ1) is 13.4. The molecule has 1 saturated carbocycles. The summed E-state index contributed by atoms with van der Waals surface area (Å²) in [5, 5.41) is 11.9. The van der Waals surface area contributed by atoms with Gasteiger partial charge in [-0.3, -0.25) is 4.79 Å². The van der Waals surface area contributed by atoms with Gasteiger partial charge in [0, 0.05) is 19.0 Å². The summed E-state index contributed by atoms with van der Waals surface area (Å²) in [6.45, 7) is 0.620. The minimum atomic E-state index is 0.0956. The van der Waals surface area contributed by atoms with Gasteiger partial charge in [0.2, 0.25) is 11.9 Å². The number of rotatable bonds is 5. The molecule has 1 aliphatic rings. The van der Waals surface area contributed by atoms with Crippen LogP contribution in [0.25, 0.3) is 11.0 Å². The number of imidazole rings is 1. The van der Waals surface area contributed by atoms with Gasteiger partial charge in [0.05, 0.1) is 22.7 Å². The average molecular weight is 283 g/mol. The molecule has 1 fully saturated rings. The van der Waals surface area contributed by atoms with Gasteiger partial charge < -0.3 is 15.6 Å². The number of aromatic nitrogens is 2. The molecule has 0 spiro atoms. The van der Waals surface area contributed by atoms with Crippen molar-refractivity contribution >= 4 is 22.9 Å². The third kappa shape index (κ3) is 2.97. The predicted molar refractivity (Wildman–Crippen MR) is 79.3 cm³/mol. The molecule has 21 heavy (non-hydrogen) atoms. The van der Waals surface area contributed by atoms with Crippen LogP contribution in [0.4, 0.5) is 5.95 Å². The number of carbonyl (C=O) groups is 1. The number of hydrogen-bond acceptors (Lipinski definition) is 4. The van der Waals surface area contributed by atoms with Crippen molar-refractivity contribution in [1.82, 2.24) is 14.9 Å². The van der Waals surface area contributed by atoms with Crippen molar-refractivity contribution in [3.63, 3.8) is 0 Å². The quantitative estimate of drug-likeness (QED) is 0.870. The summed E-state index contributed by atoms with van der Waals surface area (Å²) in [5.74, 6) is 0.515. The fourth-order valence-electron chi connectivity index (χ4n) is 2.37. The van der Waals surface area contributed by atoms with Crippen molar-refractivity contribution in [2.75, 3.05) is 5.73 Å². The largest absolute Gasteiger partial charge is 0.369 e. The number of aryl methyl sites for hydroxylation is 1. The van der Waals surface area contributed by atoms with E-state index in [4.69, 9.17) is 11.0 Å². The molecule has 0 bridgehead atoms. The Morgan fingerprint density at radius 3 is 3.05 bits per heavy atom. The molecule has 1 aromatic heterocycles. The SMILES string of the molecule is N#Cc1ccc2nc(N)n(CCCC(=O)NC3CC3)c2c1. The normalized spacial score (nSPS) is 14.0. The van der Waals surface area contributed by atoms with Crippen LogP contribution in [0.15, 0.2) is 18.2 Å². The number of nitrogens with two attached hydrogens (primary N) is 1. The maximum atomic E-state index is 11.7. The lowest BCUT2D eigenvalue weighted by atomic mass is 10.2. The van der Waals surface area contributed by atoms with E-state index in [1.165, 1.54) is 0 Å². The first-order valence-corrected chi connectivity index (χ1v) is 7.12. The lowest BCUT2D eigenvalue weighted by Crippen LogP contribution is -2.25. The van der Waals surface area contributed by atoms with Crippen LogP contribution in [-0.4, -0.2) is 21.5 Å². The number of nitrogen functional groups attached to an aromatic ring is 1. The zero-order valence-electron chi connectivity index (χ0n) is 11.7. The molecule has 1 aromatic carbocycles. The summed E-state index contributed by atoms with van der Waals surface area (Å²) in [6, 6.07) is 7.81. The van der Waals surface area contributed by atoms with E-state index in [9.17, 15) is 4.79 Å². The highest BCUT2D eigenvalue weighted by Gasteiger charge is 2.22. The molecule has 0 radical (unpaired) electrons. The Labute approximate surface area is 122 Å². The Morgan fingerprint density at radius 2 is 2.33 bits per heavy atom. The Bertz CT molecular complexity index is 723. The predicted octanol–water partition coefficient (Wildman–Crippen LogP) is 1.55. The molecule has 0 saturated heterocycles. The second-order valence-electron chi connectivity index (χ2n) is 5.38. The summed E-state index contributed by atoms with van der Waals surface area (Å²) in [6.07, 6.45) is 3.38. The maximum Gasteiger partial charge on any atom is 0.220 e. The van der Waals surface area contributed by atoms with Crippen LogP contribution in [0.5, 0.6) is 0 Å². The zero-order chi connectivity index (χ0) is 14.8. The van der Waals surface area contributed by atoms with Crippen molar-refractivity contribution in [1.29, 1.82) is 5.26 Å². The van der Waals surface area contributed by atoms with E-state index in [1.807, 2.05) is 4.57 Å². The van der Waals surface area contributed by atoms with E-state index in [0.29, 0.717) is 36.9 Å². The van der Waals surface area contributed by atoms with Crippen LogP contribution in [0.3, 0.4) is 0 Å². The highest BCUT2D eigenvalue weighted by molar-refractivity contribution is 5.80. The molecule has 0 atom stereocenters. The Morgan fingerprint density at radius 1 is 1.52 bits per heavy atom. The minimum absolute atomic E-state index is 0.0956. The number of nitrogens with zero attached hydrogens (tertiary/aromatic N) is 3. The van der Waals surface area contributed by atoms with E-state index >= 15 is 0 Å². The van der Waals surface area contributed by atoms with Gasteiger partial charge in [-0.15, -0.1) is 0 Å². The van der Waals surface area contributed by atoms with E-state index in [-0.39, 0.29) is 5.91 Å². The van der Waals surface area contributed by atoms with E-state index < -0.39 is 0 Å². The number of fused-ring (bicyclic) bond motifs is 1. The molecule has 0 unspecified atom stereocenters. The molecule has 3 rings (SSSR count). The number of nitriles is 1. The second kappa shape index (κ2) is 5.44. The zero-order valence-corrected chi connectivity index (χ0v) is 11.7. The molecule has 108 valence electrons. The smallest absolute Gasteiger partial charge is 0.220 e. The van der Waals surface area contributed by atoms with Gasteiger partial charge in [-0.1, -0.05) is 0 Å². The number of carbonyl (C=O) groups excluding carboxylic acids is 1. The first-order chi connectivity index (χ1) is 10.2. The fraction of sp³-hybridized carbons (Fsp3) is 0.400. The molecule has 6 nitrogen and oxygen atoms in total. The van der Waals surface area contributed by atoms with E-state index in [1.54, 1.807) is 18.2 Å². The van der Waals surface area contributed by atoms with Gasteiger partial charge in [-0.05, 0) is 37.5 Å². The van der Waals surface area contributed by atoms with Crippen molar-refractivity contribution < 1.29 is 4.79 Å². The van der Waals surface area contributed by atoms with Gasteiger partial charge in [0.15, 0.2) is 0 Å². The number of hydrogen-bond donors (Lipinski definition) is 2. The standard InChI is InChI=1S/C15H17N5O/c16-9-10-3-6-12-13(8-10)20(15(17)19-12)7-1-2-14(21)18-11-4-5-11/h3,6,8,11H,1-2,4-5,7H2,(H2,17,19)(H,18,21). The highest BCUT2D eigenvalue weighted by atomic mass is 16.1. The van der Waals surface area contributed by atoms with Crippen LogP contribution >= 0.6 is 0 Å². The van der Waals surface area contributed by atoms with E-state index in [0.717, 1.165) is 23.9 Å². The number of nitrogens with one attached hydrogen (secondary N) is 1. The van der Waals surface area contributed by atoms with Gasteiger partial charge in [-0.25, -0.2) is 4.98 Å². The van der Waals surface area contributed by atoms with Gasteiger partial charge >= 0.3 is 0 Å². The van der Waals surface area contributed by atoms with Gasteiger partial charge in [-0.2, -0.15) is 5.26 Å². The summed E-state index contributed by atoms with van der Waals surface area (Å²) in [7, 11) is 0. The van der Waals surface area contributed by atoms with Crippen molar-refractivity contribution in [2.45, 2.75) is 38.3 Å². The third-order valence-electron chi connectivity index (χ3n) is 3.63. The fourth-order valence-corrected chi connectivity index (χ4v) is 2.37. The summed E-state index contributed by atoms with van der Waals surface area (Å²) in [4.78, 5) is 15.9. The summed E-state index contributed by atoms with van der Waals surface area (Å²) in [5.41, 5.74) is 8.11. The molecule has 1 amide bonds. The van der Waals surface area contributed by atoms with Crippen LogP contribution in [-0.2, 0) is 11.3 Å². The molecule has 2 aromatic rings. The highest BCUT2D eigenvalue weighted by Crippen LogP contribution is 2.21. The molecule has 6 heteroatoms. The lowest BCUT2D eigenvalue weighted by Gasteiger charge is -2.07. The molecular weight excluding hydrogens is 266 g/mol.